The van der Waals surface area contributed by atoms with Crippen LogP contribution in [0.3, 0.4) is 0 Å². The Morgan fingerprint density at radius 3 is 3.15 bits per heavy atom. The first-order valence-electron chi connectivity index (χ1n) is 3.75. The minimum atomic E-state index is -0.115. The van der Waals surface area contributed by atoms with E-state index in [0.29, 0.717) is 5.76 Å². The first-order chi connectivity index (χ1) is 6.36. The number of carbonyl (C=O) groups is 1. The van der Waals surface area contributed by atoms with Gasteiger partial charge < -0.3 is 4.42 Å². The molecule has 0 aliphatic heterocycles. The Morgan fingerprint density at radius 2 is 2.54 bits per heavy atom. The third kappa shape index (κ3) is 1.64. The van der Waals surface area contributed by atoms with Crippen LogP contribution in [0.2, 0.25) is 0 Å². The normalized spacial score (nSPS) is 10.2. The van der Waals surface area contributed by atoms with Gasteiger partial charge in [-0.15, -0.1) is 0 Å². The van der Waals surface area contributed by atoms with Crippen LogP contribution in [0.1, 0.15) is 10.6 Å². The van der Waals surface area contributed by atoms with Crippen molar-refractivity contribution in [2.75, 3.05) is 0 Å². The van der Waals surface area contributed by atoms with Gasteiger partial charge in [0.15, 0.2) is 5.76 Å². The van der Waals surface area contributed by atoms with Crippen molar-refractivity contribution in [1.29, 1.82) is 0 Å². The lowest BCUT2D eigenvalue weighted by atomic mass is 10.3. The zero-order chi connectivity index (χ0) is 9.10. The molecule has 5 nitrogen and oxygen atoms in total. The van der Waals surface area contributed by atoms with Crippen LogP contribution in [0.15, 0.2) is 35.5 Å². The van der Waals surface area contributed by atoms with Gasteiger partial charge in [0, 0.05) is 0 Å². The maximum Gasteiger partial charge on any atom is 0.219 e. The van der Waals surface area contributed by atoms with Crippen molar-refractivity contribution < 1.29 is 9.21 Å². The smallest absolute Gasteiger partial charge is 0.219 e. The third-order valence-electron chi connectivity index (χ3n) is 1.57. The Hall–Kier alpha value is -1.91. The van der Waals surface area contributed by atoms with Crippen LogP contribution in [0.5, 0.6) is 0 Å². The molecule has 2 rings (SSSR count). The van der Waals surface area contributed by atoms with Crippen LogP contribution >= 0.6 is 0 Å². The Kier molecular flexibility index (Phi) is 1.91. The second-order valence-corrected chi connectivity index (χ2v) is 2.49. The number of furan rings is 1. The summed E-state index contributed by atoms with van der Waals surface area (Å²) in [6.07, 6.45) is 4.34. The van der Waals surface area contributed by atoms with E-state index in [9.17, 15) is 4.79 Å². The Balaban J connectivity index is 2.08. The molecule has 0 aromatic carbocycles. The highest BCUT2D eigenvalue weighted by Crippen LogP contribution is 2.02. The van der Waals surface area contributed by atoms with Gasteiger partial charge in [-0.1, -0.05) is 0 Å². The summed E-state index contributed by atoms with van der Waals surface area (Å²) in [6.45, 7) is 0.160. The van der Waals surface area contributed by atoms with Gasteiger partial charge >= 0.3 is 0 Å². The SMILES string of the molecule is O=C(Cn1cncn1)c1ccco1. The fourth-order valence-electron chi connectivity index (χ4n) is 0.977. The fourth-order valence-corrected chi connectivity index (χ4v) is 0.977. The van der Waals surface area contributed by atoms with E-state index in [2.05, 4.69) is 10.1 Å². The second-order valence-electron chi connectivity index (χ2n) is 2.49. The number of ketones is 1. The number of rotatable bonds is 3. The van der Waals surface area contributed by atoms with Gasteiger partial charge in [-0.25, -0.2) is 9.67 Å². The van der Waals surface area contributed by atoms with Gasteiger partial charge in [0.25, 0.3) is 0 Å². The summed E-state index contributed by atoms with van der Waals surface area (Å²) in [7, 11) is 0. The third-order valence-corrected chi connectivity index (χ3v) is 1.57. The quantitative estimate of drug-likeness (QED) is 0.649. The monoisotopic (exact) mass is 177 g/mol. The lowest BCUT2D eigenvalue weighted by Crippen LogP contribution is -2.09. The number of hydrogen-bond acceptors (Lipinski definition) is 4. The van der Waals surface area contributed by atoms with Gasteiger partial charge in [0.1, 0.15) is 19.2 Å². The van der Waals surface area contributed by atoms with E-state index < -0.39 is 0 Å². The molecule has 2 aromatic rings. The van der Waals surface area contributed by atoms with Crippen molar-refractivity contribution >= 4 is 5.78 Å². The summed E-state index contributed by atoms with van der Waals surface area (Å²) in [4.78, 5) is 15.1. The fraction of sp³-hybridized carbons (Fsp3) is 0.125. The topological polar surface area (TPSA) is 60.9 Å². The highest BCUT2D eigenvalue weighted by molar-refractivity contribution is 5.93. The molecule has 0 radical (unpaired) electrons. The molecule has 0 atom stereocenters. The molecule has 0 saturated carbocycles. The highest BCUT2D eigenvalue weighted by Gasteiger charge is 2.08. The van der Waals surface area contributed by atoms with Crippen LogP contribution in [0.4, 0.5) is 0 Å². The molecule has 2 aromatic heterocycles. The van der Waals surface area contributed by atoms with E-state index in [1.807, 2.05) is 0 Å². The lowest BCUT2D eigenvalue weighted by Gasteiger charge is -1.95. The molecule has 0 aliphatic carbocycles. The molecule has 0 aliphatic rings. The van der Waals surface area contributed by atoms with E-state index in [-0.39, 0.29) is 12.3 Å². The van der Waals surface area contributed by atoms with Gasteiger partial charge in [-0.3, -0.25) is 4.79 Å². The summed E-state index contributed by atoms with van der Waals surface area (Å²) in [5, 5.41) is 3.81. The number of nitrogens with zero attached hydrogens (tertiary/aromatic N) is 3. The lowest BCUT2D eigenvalue weighted by molar-refractivity contribution is 0.0940. The average Bonchev–Trinajstić information content (AvgIpc) is 2.74. The largest absolute Gasteiger partial charge is 0.461 e. The highest BCUT2D eigenvalue weighted by atomic mass is 16.3. The van der Waals surface area contributed by atoms with Crippen molar-refractivity contribution in [2.24, 2.45) is 0 Å². The zero-order valence-corrected chi connectivity index (χ0v) is 6.75. The summed E-state index contributed by atoms with van der Waals surface area (Å²) < 4.78 is 6.38. The molecule has 5 heteroatoms. The molecular formula is C8H7N3O2. The van der Waals surface area contributed by atoms with Crippen LogP contribution < -0.4 is 0 Å². The summed E-state index contributed by atoms with van der Waals surface area (Å²) >= 11 is 0. The van der Waals surface area contributed by atoms with Crippen LogP contribution in [-0.4, -0.2) is 20.5 Å². The molecule has 0 N–H and O–H groups in total. The van der Waals surface area contributed by atoms with E-state index in [1.54, 1.807) is 12.1 Å². The summed E-state index contributed by atoms with van der Waals surface area (Å²) in [6, 6.07) is 3.30. The first kappa shape index (κ1) is 7.72. The Bertz CT molecular complexity index is 377. The standard InChI is InChI=1S/C8H7N3O2/c12-7(8-2-1-3-13-8)4-11-6-9-5-10-11/h1-3,5-6H,4H2. The predicted molar refractivity (Wildman–Crippen MR) is 43.1 cm³/mol. The number of carbonyl (C=O) groups excluding carboxylic acids is 1. The van der Waals surface area contributed by atoms with Crippen molar-refractivity contribution in [3.8, 4) is 0 Å². The van der Waals surface area contributed by atoms with Gasteiger partial charge in [-0.2, -0.15) is 5.10 Å². The molecule has 0 bridgehead atoms. The molecule has 0 unspecified atom stereocenters. The van der Waals surface area contributed by atoms with Crippen LogP contribution in [0, 0.1) is 0 Å². The molecule has 0 saturated heterocycles. The molecule has 0 spiro atoms. The Morgan fingerprint density at radius 1 is 1.62 bits per heavy atom. The van der Waals surface area contributed by atoms with Crippen molar-refractivity contribution in [3.05, 3.63) is 36.8 Å². The molecule has 66 valence electrons. The number of Topliss-reactive ketones (excluding diaryl/α,β-unsaturated/α-hetero) is 1. The Labute approximate surface area is 74.0 Å². The predicted octanol–water partition coefficient (Wildman–Crippen LogP) is 0.754. The van der Waals surface area contributed by atoms with Crippen LogP contribution in [-0.2, 0) is 6.54 Å². The second kappa shape index (κ2) is 3.22. The molecular weight excluding hydrogens is 170 g/mol. The first-order valence-corrected chi connectivity index (χ1v) is 3.75. The van der Waals surface area contributed by atoms with E-state index >= 15 is 0 Å². The summed E-state index contributed by atoms with van der Waals surface area (Å²) in [5.74, 6) is 0.228. The average molecular weight is 177 g/mol. The molecule has 0 amide bonds. The van der Waals surface area contributed by atoms with Gasteiger partial charge in [0.2, 0.25) is 5.78 Å². The van der Waals surface area contributed by atoms with Crippen molar-refractivity contribution in [1.82, 2.24) is 14.8 Å². The minimum absolute atomic E-state index is 0.115. The van der Waals surface area contributed by atoms with E-state index in [4.69, 9.17) is 4.42 Å². The summed E-state index contributed by atoms with van der Waals surface area (Å²) in [5.41, 5.74) is 0. The maximum atomic E-state index is 11.4. The van der Waals surface area contributed by atoms with Crippen LogP contribution in [0.25, 0.3) is 0 Å². The van der Waals surface area contributed by atoms with Crippen molar-refractivity contribution in [2.45, 2.75) is 6.54 Å². The minimum Gasteiger partial charge on any atom is -0.461 e. The number of aromatic nitrogens is 3. The molecule has 13 heavy (non-hydrogen) atoms. The van der Waals surface area contributed by atoms with Gasteiger partial charge in [0.05, 0.1) is 6.26 Å². The zero-order valence-electron chi connectivity index (χ0n) is 6.75. The van der Waals surface area contributed by atoms with Gasteiger partial charge in [-0.05, 0) is 12.1 Å². The van der Waals surface area contributed by atoms with E-state index in [0.717, 1.165) is 0 Å². The number of hydrogen-bond donors (Lipinski definition) is 0. The van der Waals surface area contributed by atoms with Crippen molar-refractivity contribution in [3.63, 3.8) is 0 Å². The molecule has 0 fully saturated rings. The molecule has 2 heterocycles. The van der Waals surface area contributed by atoms with E-state index in [1.165, 1.54) is 23.6 Å². The maximum absolute atomic E-state index is 11.4.